The second-order valence-electron chi connectivity index (χ2n) is 6.16. The van der Waals surface area contributed by atoms with Gasteiger partial charge in [0.05, 0.1) is 6.04 Å². The van der Waals surface area contributed by atoms with Crippen LogP contribution in [0.25, 0.3) is 0 Å². The molecule has 0 saturated heterocycles. The number of nitrogens with one attached hydrogen (secondary N) is 1. The first-order valence-electron chi connectivity index (χ1n) is 7.71. The molecule has 1 N–H and O–H groups in total. The Bertz CT molecular complexity index is 541. The van der Waals surface area contributed by atoms with E-state index in [0.29, 0.717) is 18.3 Å². The summed E-state index contributed by atoms with van der Waals surface area (Å²) in [7, 11) is 0. The maximum atomic E-state index is 12.1. The van der Waals surface area contributed by atoms with Gasteiger partial charge in [-0.3, -0.25) is 4.79 Å². The molecule has 0 saturated carbocycles. The SMILES string of the molecule is CC(C)C[C@H](C=O)NC(=O)CC(C)c1ccc(OC(F)(F)F)cc1. The van der Waals surface area contributed by atoms with Crippen LogP contribution in [-0.4, -0.2) is 24.6 Å². The van der Waals surface area contributed by atoms with Crippen molar-refractivity contribution < 1.29 is 27.5 Å². The highest BCUT2D eigenvalue weighted by Crippen LogP contribution is 2.26. The molecule has 0 aliphatic heterocycles. The molecule has 1 aromatic rings. The summed E-state index contributed by atoms with van der Waals surface area (Å²) in [5.74, 6) is -0.493. The number of rotatable bonds is 8. The lowest BCUT2D eigenvalue weighted by Crippen LogP contribution is -2.37. The Morgan fingerprint density at radius 1 is 1.21 bits per heavy atom. The molecule has 0 heterocycles. The molecule has 1 amide bonds. The Morgan fingerprint density at radius 2 is 1.79 bits per heavy atom. The Kier molecular flexibility index (Phi) is 7.25. The van der Waals surface area contributed by atoms with Crippen LogP contribution in [-0.2, 0) is 9.59 Å². The van der Waals surface area contributed by atoms with E-state index in [-0.39, 0.29) is 29.9 Å². The van der Waals surface area contributed by atoms with Crippen LogP contribution in [0, 0.1) is 5.92 Å². The van der Waals surface area contributed by atoms with Crippen molar-refractivity contribution in [2.45, 2.75) is 51.9 Å². The van der Waals surface area contributed by atoms with Crippen LogP contribution in [0.2, 0.25) is 0 Å². The average molecular weight is 345 g/mol. The van der Waals surface area contributed by atoms with Crippen LogP contribution in [0.1, 0.15) is 45.1 Å². The summed E-state index contributed by atoms with van der Waals surface area (Å²) in [6, 6.07) is 4.88. The molecule has 1 unspecified atom stereocenters. The van der Waals surface area contributed by atoms with Crippen molar-refractivity contribution >= 4 is 12.2 Å². The van der Waals surface area contributed by atoms with E-state index in [4.69, 9.17) is 0 Å². The molecule has 1 rings (SSSR count). The predicted molar refractivity (Wildman–Crippen MR) is 83.6 cm³/mol. The lowest BCUT2D eigenvalue weighted by atomic mass is 9.97. The van der Waals surface area contributed by atoms with Gasteiger partial charge >= 0.3 is 6.36 Å². The summed E-state index contributed by atoms with van der Waals surface area (Å²) in [4.78, 5) is 23.0. The van der Waals surface area contributed by atoms with E-state index in [0.717, 1.165) is 0 Å². The highest BCUT2D eigenvalue weighted by Gasteiger charge is 2.31. The van der Waals surface area contributed by atoms with E-state index in [1.165, 1.54) is 24.3 Å². The van der Waals surface area contributed by atoms with Gasteiger partial charge in [-0.2, -0.15) is 0 Å². The number of hydrogen-bond acceptors (Lipinski definition) is 3. The molecule has 0 bridgehead atoms. The number of hydrogen-bond donors (Lipinski definition) is 1. The summed E-state index contributed by atoms with van der Waals surface area (Å²) in [5, 5.41) is 2.66. The monoisotopic (exact) mass is 345 g/mol. The Morgan fingerprint density at radius 3 is 2.25 bits per heavy atom. The van der Waals surface area contributed by atoms with Crippen molar-refractivity contribution in [1.29, 1.82) is 0 Å². The number of benzene rings is 1. The molecule has 4 nitrogen and oxygen atoms in total. The second kappa shape index (κ2) is 8.70. The van der Waals surface area contributed by atoms with Crippen molar-refractivity contribution in [1.82, 2.24) is 5.32 Å². The van der Waals surface area contributed by atoms with E-state index in [2.05, 4.69) is 10.1 Å². The van der Waals surface area contributed by atoms with Gasteiger partial charge in [0, 0.05) is 6.42 Å². The summed E-state index contributed by atoms with van der Waals surface area (Å²) < 4.78 is 40.1. The van der Waals surface area contributed by atoms with E-state index in [1.54, 1.807) is 6.92 Å². The van der Waals surface area contributed by atoms with Gasteiger partial charge in [0.1, 0.15) is 12.0 Å². The minimum Gasteiger partial charge on any atom is -0.406 e. The van der Waals surface area contributed by atoms with E-state index in [1.807, 2.05) is 13.8 Å². The van der Waals surface area contributed by atoms with Gasteiger partial charge in [-0.1, -0.05) is 32.9 Å². The second-order valence-corrected chi connectivity index (χ2v) is 6.16. The number of carbonyl (C=O) groups is 2. The zero-order valence-electron chi connectivity index (χ0n) is 13.9. The van der Waals surface area contributed by atoms with Crippen LogP contribution in [0.5, 0.6) is 5.75 Å². The van der Waals surface area contributed by atoms with Crippen LogP contribution >= 0.6 is 0 Å². The van der Waals surface area contributed by atoms with Gasteiger partial charge < -0.3 is 14.8 Å². The van der Waals surface area contributed by atoms with Crippen molar-refractivity contribution in [3.05, 3.63) is 29.8 Å². The largest absolute Gasteiger partial charge is 0.573 e. The maximum Gasteiger partial charge on any atom is 0.573 e. The Labute approximate surface area is 139 Å². The predicted octanol–water partition coefficient (Wildman–Crippen LogP) is 3.81. The highest BCUT2D eigenvalue weighted by molar-refractivity contribution is 5.80. The van der Waals surface area contributed by atoms with Gasteiger partial charge in [0.25, 0.3) is 0 Å². The lowest BCUT2D eigenvalue weighted by Gasteiger charge is -2.17. The quantitative estimate of drug-likeness (QED) is 0.729. The summed E-state index contributed by atoms with van der Waals surface area (Å²) in [6.07, 6.45) is -3.31. The third-order valence-corrected chi connectivity index (χ3v) is 3.41. The third-order valence-electron chi connectivity index (χ3n) is 3.41. The topological polar surface area (TPSA) is 55.4 Å². The first-order valence-corrected chi connectivity index (χ1v) is 7.71. The minimum atomic E-state index is -4.73. The number of halogens is 3. The molecule has 24 heavy (non-hydrogen) atoms. The van der Waals surface area contributed by atoms with Gasteiger partial charge in [-0.15, -0.1) is 13.2 Å². The van der Waals surface area contributed by atoms with E-state index >= 15 is 0 Å². The zero-order valence-corrected chi connectivity index (χ0v) is 13.9. The van der Waals surface area contributed by atoms with Gasteiger partial charge in [-0.25, -0.2) is 0 Å². The molecule has 1 aromatic carbocycles. The molecule has 0 aliphatic carbocycles. The van der Waals surface area contributed by atoms with Crippen LogP contribution in [0.15, 0.2) is 24.3 Å². The summed E-state index contributed by atoms with van der Waals surface area (Å²) in [5.41, 5.74) is 0.714. The van der Waals surface area contributed by atoms with Crippen molar-refractivity contribution in [2.24, 2.45) is 5.92 Å². The Hall–Kier alpha value is -2.05. The first-order chi connectivity index (χ1) is 11.1. The zero-order chi connectivity index (χ0) is 18.3. The number of aldehydes is 1. The summed E-state index contributed by atoms with van der Waals surface area (Å²) >= 11 is 0. The van der Waals surface area contributed by atoms with Crippen molar-refractivity contribution in [3.8, 4) is 5.75 Å². The standard InChI is InChI=1S/C17H22F3NO3/c1-11(2)8-14(10-22)21-16(23)9-12(3)13-4-6-15(7-5-13)24-17(18,19)20/h4-7,10-12,14H,8-9H2,1-3H3,(H,21,23)/t12?,14-/m1/s1. The van der Waals surface area contributed by atoms with Crippen molar-refractivity contribution in [2.75, 3.05) is 0 Å². The molecule has 0 fully saturated rings. The normalized spacial score (nSPS) is 14.1. The van der Waals surface area contributed by atoms with Crippen LogP contribution < -0.4 is 10.1 Å². The average Bonchev–Trinajstić information content (AvgIpc) is 2.44. The maximum absolute atomic E-state index is 12.1. The molecular weight excluding hydrogens is 323 g/mol. The molecule has 0 aliphatic rings. The highest BCUT2D eigenvalue weighted by atomic mass is 19.4. The van der Waals surface area contributed by atoms with E-state index < -0.39 is 12.4 Å². The molecule has 0 spiro atoms. The molecular formula is C17H22F3NO3. The molecule has 0 radical (unpaired) electrons. The number of carbonyl (C=O) groups excluding carboxylic acids is 2. The number of amides is 1. The van der Waals surface area contributed by atoms with Gasteiger partial charge in [-0.05, 0) is 36.0 Å². The molecule has 134 valence electrons. The molecule has 0 aromatic heterocycles. The van der Waals surface area contributed by atoms with Crippen molar-refractivity contribution in [3.63, 3.8) is 0 Å². The smallest absolute Gasteiger partial charge is 0.406 e. The van der Waals surface area contributed by atoms with Gasteiger partial charge in [0.15, 0.2) is 0 Å². The Balaban J connectivity index is 2.59. The van der Waals surface area contributed by atoms with Crippen LogP contribution in [0.4, 0.5) is 13.2 Å². The third kappa shape index (κ3) is 7.48. The van der Waals surface area contributed by atoms with E-state index in [9.17, 15) is 22.8 Å². The molecule has 7 heteroatoms. The lowest BCUT2D eigenvalue weighted by molar-refractivity contribution is -0.274. The van der Waals surface area contributed by atoms with Crippen LogP contribution in [0.3, 0.4) is 0 Å². The number of alkyl halides is 3. The number of ether oxygens (including phenoxy) is 1. The fraction of sp³-hybridized carbons (Fsp3) is 0.529. The molecule has 2 atom stereocenters. The summed E-state index contributed by atoms with van der Waals surface area (Å²) in [6.45, 7) is 5.70. The fourth-order valence-corrected chi connectivity index (χ4v) is 2.32. The fourth-order valence-electron chi connectivity index (χ4n) is 2.32. The minimum absolute atomic E-state index is 0.141. The first kappa shape index (κ1) is 20.0. The van der Waals surface area contributed by atoms with Gasteiger partial charge in [0.2, 0.25) is 5.91 Å².